The van der Waals surface area contributed by atoms with Gasteiger partial charge in [-0.05, 0) is 45.9 Å². The number of benzene rings is 1. The van der Waals surface area contributed by atoms with Crippen LogP contribution >= 0.6 is 23.2 Å². The van der Waals surface area contributed by atoms with E-state index in [1.807, 2.05) is 6.07 Å². The Bertz CT molecular complexity index is 582. The van der Waals surface area contributed by atoms with Crippen LogP contribution in [-0.2, 0) is 6.42 Å². The highest BCUT2D eigenvalue weighted by molar-refractivity contribution is 6.39. The van der Waals surface area contributed by atoms with Crippen molar-refractivity contribution in [2.45, 2.75) is 39.2 Å². The number of hydrogen-bond acceptors (Lipinski definition) is 3. The van der Waals surface area contributed by atoms with Crippen molar-refractivity contribution >= 4 is 23.2 Å². The van der Waals surface area contributed by atoms with Gasteiger partial charge in [0, 0.05) is 12.0 Å². The Morgan fingerprint density at radius 3 is 2.48 bits per heavy atom. The van der Waals surface area contributed by atoms with Gasteiger partial charge in [0.05, 0.1) is 21.8 Å². The second kappa shape index (κ2) is 6.82. The maximum atomic E-state index is 6.17. The fourth-order valence-electron chi connectivity index (χ4n) is 1.98. The van der Waals surface area contributed by atoms with Crippen LogP contribution in [0.25, 0.3) is 11.3 Å². The highest BCUT2D eigenvalue weighted by Crippen LogP contribution is 2.34. The molecule has 0 spiro atoms. The maximum absolute atomic E-state index is 6.17. The summed E-state index contributed by atoms with van der Waals surface area (Å²) in [6.45, 7) is 7.37. The number of aromatic nitrogens is 1. The molecule has 0 bridgehead atoms. The second-order valence-electron chi connectivity index (χ2n) is 6.00. The minimum atomic E-state index is 0.132. The van der Waals surface area contributed by atoms with Gasteiger partial charge in [-0.1, -0.05) is 29.3 Å². The Labute approximate surface area is 135 Å². The maximum Gasteiger partial charge on any atom is 0.194 e. The zero-order valence-electron chi connectivity index (χ0n) is 12.5. The molecule has 0 aliphatic rings. The van der Waals surface area contributed by atoms with Crippen LogP contribution in [0.1, 0.15) is 33.1 Å². The third-order valence-corrected chi connectivity index (χ3v) is 3.62. The molecule has 0 saturated heterocycles. The third kappa shape index (κ3) is 4.73. The summed E-state index contributed by atoms with van der Waals surface area (Å²) in [7, 11) is 0. The Balaban J connectivity index is 1.99. The van der Waals surface area contributed by atoms with E-state index in [0.29, 0.717) is 27.3 Å². The van der Waals surface area contributed by atoms with Gasteiger partial charge < -0.3 is 9.73 Å². The lowest BCUT2D eigenvalue weighted by molar-refractivity contribution is 0.412. The monoisotopic (exact) mass is 326 g/mol. The molecular weight excluding hydrogens is 307 g/mol. The second-order valence-corrected chi connectivity index (χ2v) is 6.81. The van der Waals surface area contributed by atoms with E-state index in [1.54, 1.807) is 18.3 Å². The molecule has 1 aromatic heterocycles. The predicted molar refractivity (Wildman–Crippen MR) is 88.0 cm³/mol. The highest BCUT2D eigenvalue weighted by atomic mass is 35.5. The molecule has 0 saturated carbocycles. The molecule has 2 aromatic rings. The van der Waals surface area contributed by atoms with Crippen LogP contribution in [0, 0.1) is 0 Å². The summed E-state index contributed by atoms with van der Waals surface area (Å²) in [6.07, 6.45) is 3.43. The number of aryl methyl sites for hydroxylation is 1. The van der Waals surface area contributed by atoms with Crippen LogP contribution in [0.3, 0.4) is 0 Å². The summed E-state index contributed by atoms with van der Waals surface area (Å²) in [4.78, 5) is 4.30. The molecule has 5 heteroatoms. The minimum absolute atomic E-state index is 0.132. The van der Waals surface area contributed by atoms with Crippen molar-refractivity contribution in [1.82, 2.24) is 10.3 Å². The van der Waals surface area contributed by atoms with E-state index < -0.39 is 0 Å². The van der Waals surface area contributed by atoms with Gasteiger partial charge in [0.25, 0.3) is 0 Å². The van der Waals surface area contributed by atoms with E-state index in [9.17, 15) is 0 Å². The van der Waals surface area contributed by atoms with Crippen LogP contribution in [0.2, 0.25) is 10.0 Å². The van der Waals surface area contributed by atoms with Crippen molar-refractivity contribution in [3.05, 3.63) is 40.3 Å². The largest absolute Gasteiger partial charge is 0.441 e. The lowest BCUT2D eigenvalue weighted by Gasteiger charge is -2.20. The van der Waals surface area contributed by atoms with Crippen molar-refractivity contribution < 1.29 is 4.42 Å². The SMILES string of the molecule is CC(C)(C)NCCCc1ncc(-c2c(Cl)cccc2Cl)o1. The molecule has 0 atom stereocenters. The molecule has 0 amide bonds. The van der Waals surface area contributed by atoms with Crippen LogP contribution in [-0.4, -0.2) is 17.1 Å². The third-order valence-electron chi connectivity index (χ3n) is 2.99. The number of halogens is 2. The zero-order valence-corrected chi connectivity index (χ0v) is 14.1. The molecule has 1 aromatic carbocycles. The van der Waals surface area contributed by atoms with Crippen molar-refractivity contribution in [1.29, 1.82) is 0 Å². The van der Waals surface area contributed by atoms with Gasteiger partial charge >= 0.3 is 0 Å². The average Bonchev–Trinajstić information content (AvgIpc) is 2.82. The Morgan fingerprint density at radius 1 is 1.19 bits per heavy atom. The summed E-state index contributed by atoms with van der Waals surface area (Å²) >= 11 is 12.3. The molecule has 3 nitrogen and oxygen atoms in total. The molecule has 21 heavy (non-hydrogen) atoms. The van der Waals surface area contributed by atoms with Crippen LogP contribution in [0.15, 0.2) is 28.8 Å². The molecule has 114 valence electrons. The van der Waals surface area contributed by atoms with Crippen molar-refractivity contribution in [3.63, 3.8) is 0 Å². The standard InChI is InChI=1S/C16H20Cl2N2O/c1-16(2,3)20-9-5-8-14-19-10-13(21-14)15-11(17)6-4-7-12(15)18/h4,6-7,10,20H,5,8-9H2,1-3H3. The smallest absolute Gasteiger partial charge is 0.194 e. The quantitative estimate of drug-likeness (QED) is 0.788. The van der Waals surface area contributed by atoms with E-state index >= 15 is 0 Å². The number of rotatable bonds is 5. The van der Waals surface area contributed by atoms with Gasteiger partial charge in [-0.3, -0.25) is 0 Å². The van der Waals surface area contributed by atoms with Crippen LogP contribution < -0.4 is 5.32 Å². The van der Waals surface area contributed by atoms with Crippen molar-refractivity contribution in [3.8, 4) is 11.3 Å². The summed E-state index contributed by atoms with van der Waals surface area (Å²) in [5.74, 6) is 1.32. The summed E-state index contributed by atoms with van der Waals surface area (Å²) in [6, 6.07) is 5.39. The van der Waals surface area contributed by atoms with Crippen molar-refractivity contribution in [2.75, 3.05) is 6.54 Å². The van der Waals surface area contributed by atoms with Gasteiger partial charge in [0.2, 0.25) is 0 Å². The number of hydrogen-bond donors (Lipinski definition) is 1. The molecule has 0 radical (unpaired) electrons. The normalized spacial score (nSPS) is 11.9. The van der Waals surface area contributed by atoms with Crippen LogP contribution in [0.4, 0.5) is 0 Å². The Hall–Kier alpha value is -1.03. The fraction of sp³-hybridized carbons (Fsp3) is 0.438. The lowest BCUT2D eigenvalue weighted by Crippen LogP contribution is -2.36. The highest BCUT2D eigenvalue weighted by Gasteiger charge is 2.14. The summed E-state index contributed by atoms with van der Waals surface area (Å²) in [5.41, 5.74) is 0.833. The predicted octanol–water partition coefficient (Wildman–Crippen LogP) is 4.97. The first-order valence-electron chi connectivity index (χ1n) is 7.01. The molecule has 0 unspecified atom stereocenters. The number of nitrogens with one attached hydrogen (secondary N) is 1. The lowest BCUT2D eigenvalue weighted by atomic mass is 10.1. The molecule has 0 fully saturated rings. The molecule has 0 aliphatic carbocycles. The van der Waals surface area contributed by atoms with Gasteiger partial charge in [-0.15, -0.1) is 0 Å². The first kappa shape index (κ1) is 16.3. The van der Waals surface area contributed by atoms with Crippen molar-refractivity contribution in [2.24, 2.45) is 0 Å². The Morgan fingerprint density at radius 2 is 1.86 bits per heavy atom. The number of nitrogens with zero attached hydrogens (tertiary/aromatic N) is 1. The van der Waals surface area contributed by atoms with Crippen LogP contribution in [0.5, 0.6) is 0 Å². The van der Waals surface area contributed by atoms with Gasteiger partial charge in [0.15, 0.2) is 11.7 Å². The first-order chi connectivity index (χ1) is 9.87. The van der Waals surface area contributed by atoms with E-state index in [0.717, 1.165) is 19.4 Å². The zero-order chi connectivity index (χ0) is 15.5. The van der Waals surface area contributed by atoms with Gasteiger partial charge in [-0.25, -0.2) is 4.98 Å². The fourth-order valence-corrected chi connectivity index (χ4v) is 2.56. The van der Waals surface area contributed by atoms with E-state index in [4.69, 9.17) is 27.6 Å². The van der Waals surface area contributed by atoms with Gasteiger partial charge in [0.1, 0.15) is 0 Å². The molecule has 1 heterocycles. The van der Waals surface area contributed by atoms with E-state index in [-0.39, 0.29) is 5.54 Å². The average molecular weight is 327 g/mol. The molecule has 0 aliphatic heterocycles. The topological polar surface area (TPSA) is 38.1 Å². The summed E-state index contributed by atoms with van der Waals surface area (Å²) in [5, 5.41) is 4.58. The summed E-state index contributed by atoms with van der Waals surface area (Å²) < 4.78 is 5.76. The molecule has 2 rings (SSSR count). The molecular formula is C16H20Cl2N2O. The van der Waals surface area contributed by atoms with E-state index in [2.05, 4.69) is 31.1 Å². The Kier molecular flexibility index (Phi) is 5.31. The van der Waals surface area contributed by atoms with E-state index in [1.165, 1.54) is 0 Å². The van der Waals surface area contributed by atoms with Gasteiger partial charge in [-0.2, -0.15) is 0 Å². The first-order valence-corrected chi connectivity index (χ1v) is 7.76. The molecule has 1 N–H and O–H groups in total. The minimum Gasteiger partial charge on any atom is -0.441 e. The number of oxazole rings is 1.